The van der Waals surface area contributed by atoms with Crippen molar-refractivity contribution in [1.82, 2.24) is 0 Å². The van der Waals surface area contributed by atoms with Gasteiger partial charge in [0, 0.05) is 5.92 Å². The van der Waals surface area contributed by atoms with E-state index in [0.717, 1.165) is 18.3 Å². The molecule has 0 heterocycles. The van der Waals surface area contributed by atoms with Gasteiger partial charge < -0.3 is 4.79 Å². The van der Waals surface area contributed by atoms with Gasteiger partial charge in [-0.25, -0.2) is 4.39 Å². The van der Waals surface area contributed by atoms with Crippen LogP contribution in [0, 0.1) is 11.7 Å². The maximum atomic E-state index is 13.4. The van der Waals surface area contributed by atoms with Crippen LogP contribution in [-0.4, -0.2) is 6.29 Å². The predicted octanol–water partition coefficient (Wildman–Crippen LogP) is 2.77. The van der Waals surface area contributed by atoms with Gasteiger partial charge in [-0.3, -0.25) is 0 Å². The molecule has 0 aromatic heterocycles. The van der Waals surface area contributed by atoms with Gasteiger partial charge in [0.05, 0.1) is 0 Å². The van der Waals surface area contributed by atoms with Gasteiger partial charge in [-0.2, -0.15) is 0 Å². The Morgan fingerprint density at radius 3 is 2.71 bits per heavy atom. The van der Waals surface area contributed by atoms with Crippen LogP contribution in [0.15, 0.2) is 18.2 Å². The summed E-state index contributed by atoms with van der Waals surface area (Å²) in [6.45, 7) is 3.78. The van der Waals surface area contributed by atoms with Crippen molar-refractivity contribution in [3.8, 4) is 0 Å². The monoisotopic (exact) mass is 194 g/mol. The lowest BCUT2D eigenvalue weighted by atomic mass is 10.00. The molecule has 1 unspecified atom stereocenters. The lowest BCUT2D eigenvalue weighted by molar-refractivity contribution is -0.110. The van der Waals surface area contributed by atoms with Crippen LogP contribution < -0.4 is 0 Å². The molecule has 1 nitrogen and oxygen atoms in total. The van der Waals surface area contributed by atoms with E-state index in [1.165, 1.54) is 0 Å². The Morgan fingerprint density at radius 2 is 2.21 bits per heavy atom. The van der Waals surface area contributed by atoms with Crippen LogP contribution in [-0.2, 0) is 17.6 Å². The van der Waals surface area contributed by atoms with Gasteiger partial charge in [-0.15, -0.1) is 0 Å². The Labute approximate surface area is 83.9 Å². The van der Waals surface area contributed by atoms with Gasteiger partial charge in [-0.1, -0.05) is 26.0 Å². The Balaban J connectivity index is 2.83. The lowest BCUT2D eigenvalue weighted by Gasteiger charge is -2.06. The number of rotatable bonds is 4. The van der Waals surface area contributed by atoms with Crippen LogP contribution >= 0.6 is 0 Å². The number of halogens is 1. The summed E-state index contributed by atoms with van der Waals surface area (Å²) in [6, 6.07) is 5.23. The molecule has 0 radical (unpaired) electrons. The molecule has 0 fully saturated rings. The van der Waals surface area contributed by atoms with Crippen molar-refractivity contribution in [2.75, 3.05) is 0 Å². The van der Waals surface area contributed by atoms with Gasteiger partial charge in [-0.05, 0) is 30.0 Å². The quantitative estimate of drug-likeness (QED) is 0.673. The van der Waals surface area contributed by atoms with Crippen LogP contribution in [0.4, 0.5) is 4.39 Å². The van der Waals surface area contributed by atoms with Crippen LogP contribution in [0.3, 0.4) is 0 Å². The summed E-state index contributed by atoms with van der Waals surface area (Å²) in [7, 11) is 0. The maximum Gasteiger partial charge on any atom is 0.126 e. The van der Waals surface area contributed by atoms with Crippen molar-refractivity contribution in [3.05, 3.63) is 35.1 Å². The molecule has 14 heavy (non-hydrogen) atoms. The molecule has 0 aliphatic rings. The number of aldehydes is 1. The zero-order chi connectivity index (χ0) is 10.6. The van der Waals surface area contributed by atoms with Crippen molar-refractivity contribution in [2.45, 2.75) is 26.7 Å². The van der Waals surface area contributed by atoms with E-state index in [0.29, 0.717) is 12.0 Å². The number of carbonyl (C=O) groups excluding carboxylic acids is 1. The molecule has 2 heteroatoms. The van der Waals surface area contributed by atoms with E-state index in [4.69, 9.17) is 0 Å². The van der Waals surface area contributed by atoms with E-state index in [1.807, 2.05) is 13.0 Å². The van der Waals surface area contributed by atoms with E-state index in [-0.39, 0.29) is 11.7 Å². The van der Waals surface area contributed by atoms with Crippen molar-refractivity contribution in [3.63, 3.8) is 0 Å². The molecule has 1 rings (SSSR count). The van der Waals surface area contributed by atoms with Crippen molar-refractivity contribution < 1.29 is 9.18 Å². The Morgan fingerprint density at radius 1 is 1.50 bits per heavy atom. The molecule has 0 aliphatic carbocycles. The number of hydrogen-bond donors (Lipinski definition) is 0. The summed E-state index contributed by atoms with van der Waals surface area (Å²) >= 11 is 0. The molecule has 0 N–H and O–H groups in total. The standard InChI is InChI=1S/C12H15FO/c1-3-10-4-5-11(12(13)7-10)6-9(2)8-14/h4-5,7-9H,3,6H2,1-2H3. The second kappa shape index (κ2) is 4.89. The molecule has 0 amide bonds. The van der Waals surface area contributed by atoms with Gasteiger partial charge in [0.2, 0.25) is 0 Å². The first-order valence-electron chi connectivity index (χ1n) is 4.90. The fourth-order valence-corrected chi connectivity index (χ4v) is 1.37. The third-order valence-corrected chi connectivity index (χ3v) is 2.30. The van der Waals surface area contributed by atoms with Gasteiger partial charge >= 0.3 is 0 Å². The predicted molar refractivity (Wildman–Crippen MR) is 54.7 cm³/mol. The molecule has 76 valence electrons. The SMILES string of the molecule is CCc1ccc(CC(C)C=O)c(F)c1. The van der Waals surface area contributed by atoms with Gasteiger partial charge in [0.1, 0.15) is 12.1 Å². The highest BCUT2D eigenvalue weighted by Gasteiger charge is 2.07. The molecule has 0 aliphatic heterocycles. The third kappa shape index (κ3) is 2.66. The van der Waals surface area contributed by atoms with Crippen molar-refractivity contribution in [1.29, 1.82) is 0 Å². The highest BCUT2D eigenvalue weighted by Crippen LogP contribution is 2.14. The molecule has 1 aromatic carbocycles. The average molecular weight is 194 g/mol. The highest BCUT2D eigenvalue weighted by molar-refractivity contribution is 5.53. The minimum Gasteiger partial charge on any atom is -0.303 e. The van der Waals surface area contributed by atoms with Crippen molar-refractivity contribution >= 4 is 6.29 Å². The Kier molecular flexibility index (Phi) is 3.81. The summed E-state index contributed by atoms with van der Waals surface area (Å²) in [6.07, 6.45) is 2.17. The minimum absolute atomic E-state index is 0.114. The summed E-state index contributed by atoms with van der Waals surface area (Å²) in [4.78, 5) is 10.4. The lowest BCUT2D eigenvalue weighted by Crippen LogP contribution is -2.03. The van der Waals surface area contributed by atoms with Gasteiger partial charge in [0.25, 0.3) is 0 Å². The van der Waals surface area contributed by atoms with Crippen molar-refractivity contribution in [2.24, 2.45) is 5.92 Å². The number of aryl methyl sites for hydroxylation is 1. The second-order valence-corrected chi connectivity index (χ2v) is 3.60. The summed E-state index contributed by atoms with van der Waals surface area (Å²) in [5.41, 5.74) is 1.62. The van der Waals surface area contributed by atoms with Gasteiger partial charge in [0.15, 0.2) is 0 Å². The Bertz CT molecular complexity index is 320. The molecular formula is C12H15FO. The fourth-order valence-electron chi connectivity index (χ4n) is 1.37. The number of benzene rings is 1. The fraction of sp³-hybridized carbons (Fsp3) is 0.417. The smallest absolute Gasteiger partial charge is 0.126 e. The molecule has 1 aromatic rings. The van der Waals surface area contributed by atoms with E-state index in [2.05, 4.69) is 0 Å². The molecule has 0 bridgehead atoms. The number of hydrogen-bond acceptors (Lipinski definition) is 1. The van der Waals surface area contributed by atoms with Crippen LogP contribution in [0.1, 0.15) is 25.0 Å². The van der Waals surface area contributed by atoms with Crippen LogP contribution in [0.5, 0.6) is 0 Å². The molecule has 1 atom stereocenters. The normalized spacial score (nSPS) is 12.5. The first-order chi connectivity index (χ1) is 6.67. The van der Waals surface area contributed by atoms with Crippen LogP contribution in [0.25, 0.3) is 0 Å². The number of carbonyl (C=O) groups is 1. The topological polar surface area (TPSA) is 17.1 Å². The molecule has 0 saturated heterocycles. The van der Waals surface area contributed by atoms with E-state index in [1.54, 1.807) is 19.1 Å². The third-order valence-electron chi connectivity index (χ3n) is 2.30. The van der Waals surface area contributed by atoms with Crippen LogP contribution in [0.2, 0.25) is 0 Å². The zero-order valence-electron chi connectivity index (χ0n) is 8.59. The van der Waals surface area contributed by atoms with E-state index in [9.17, 15) is 9.18 Å². The molecule has 0 spiro atoms. The second-order valence-electron chi connectivity index (χ2n) is 3.60. The largest absolute Gasteiger partial charge is 0.303 e. The first kappa shape index (κ1) is 10.9. The van der Waals surface area contributed by atoms with E-state index < -0.39 is 0 Å². The van der Waals surface area contributed by atoms with E-state index >= 15 is 0 Å². The molecular weight excluding hydrogens is 179 g/mol. The molecule has 0 saturated carbocycles. The summed E-state index contributed by atoms with van der Waals surface area (Å²) in [5.74, 6) is -0.310. The first-order valence-corrected chi connectivity index (χ1v) is 4.90. The Hall–Kier alpha value is -1.18. The maximum absolute atomic E-state index is 13.4. The summed E-state index contributed by atoms with van der Waals surface area (Å²) < 4.78 is 13.4. The minimum atomic E-state index is -0.196. The summed E-state index contributed by atoms with van der Waals surface area (Å²) in [5, 5.41) is 0. The zero-order valence-corrected chi connectivity index (χ0v) is 8.59. The average Bonchev–Trinajstić information content (AvgIpc) is 2.20. The highest BCUT2D eigenvalue weighted by atomic mass is 19.1.